The van der Waals surface area contributed by atoms with Crippen LogP contribution in [0.4, 0.5) is 0 Å². The van der Waals surface area contributed by atoms with Crippen LogP contribution in [0.2, 0.25) is 0 Å². The fraction of sp³-hybridized carbons (Fsp3) is 0.733. The lowest BCUT2D eigenvalue weighted by Gasteiger charge is -2.28. The van der Waals surface area contributed by atoms with E-state index >= 15 is 0 Å². The van der Waals surface area contributed by atoms with Crippen LogP contribution in [0.1, 0.15) is 44.9 Å². The van der Waals surface area contributed by atoms with Crippen molar-refractivity contribution in [2.24, 2.45) is 11.8 Å². The van der Waals surface area contributed by atoms with Gasteiger partial charge in [0.2, 0.25) is 0 Å². The molecule has 1 fully saturated rings. The smallest absolute Gasteiger partial charge is 0.310 e. The molecule has 1 saturated carbocycles. The summed E-state index contributed by atoms with van der Waals surface area (Å²) < 4.78 is 10.4. The number of hydrogen-bond donors (Lipinski definition) is 0. The third-order valence-corrected chi connectivity index (χ3v) is 4.07. The van der Waals surface area contributed by atoms with Crippen LogP contribution in [0.25, 0.3) is 0 Å². The zero-order chi connectivity index (χ0) is 13.7. The first-order valence-corrected chi connectivity index (χ1v) is 7.15. The number of rotatable bonds is 3. The summed E-state index contributed by atoms with van der Waals surface area (Å²) in [7, 11) is 1.37. The van der Waals surface area contributed by atoms with Crippen LogP contribution in [-0.2, 0) is 19.1 Å². The normalized spacial score (nSPS) is 27.8. The Labute approximate surface area is 114 Å². The molecule has 0 aromatic carbocycles. The van der Waals surface area contributed by atoms with Crippen molar-refractivity contribution in [1.29, 1.82) is 0 Å². The molecule has 2 rings (SSSR count). The quantitative estimate of drug-likeness (QED) is 0.582. The summed E-state index contributed by atoms with van der Waals surface area (Å²) in [4.78, 5) is 23.9. The van der Waals surface area contributed by atoms with Gasteiger partial charge in [0.05, 0.1) is 18.9 Å². The van der Waals surface area contributed by atoms with Gasteiger partial charge in [-0.2, -0.15) is 0 Å². The molecule has 0 aromatic heterocycles. The van der Waals surface area contributed by atoms with Crippen molar-refractivity contribution in [3.8, 4) is 0 Å². The van der Waals surface area contributed by atoms with E-state index in [1.54, 1.807) is 0 Å². The summed E-state index contributed by atoms with van der Waals surface area (Å²) in [5.74, 6) is -1.30. The highest BCUT2D eigenvalue weighted by Gasteiger charge is 2.36. The van der Waals surface area contributed by atoms with E-state index in [-0.39, 0.29) is 29.9 Å². The number of allylic oxidation sites excluding steroid dienone is 2. The van der Waals surface area contributed by atoms with Crippen LogP contribution >= 0.6 is 0 Å². The van der Waals surface area contributed by atoms with Crippen LogP contribution in [0.3, 0.4) is 0 Å². The summed E-state index contributed by atoms with van der Waals surface area (Å²) in [5.41, 5.74) is 0. The van der Waals surface area contributed by atoms with Crippen molar-refractivity contribution < 1.29 is 19.1 Å². The van der Waals surface area contributed by atoms with Gasteiger partial charge in [-0.1, -0.05) is 18.6 Å². The van der Waals surface area contributed by atoms with E-state index in [1.165, 1.54) is 13.5 Å². The van der Waals surface area contributed by atoms with Crippen molar-refractivity contribution in [2.45, 2.75) is 51.0 Å². The number of ether oxygens (including phenoxy) is 2. The molecule has 2 aliphatic rings. The minimum absolute atomic E-state index is 0.0467. The maximum Gasteiger partial charge on any atom is 0.310 e. The van der Waals surface area contributed by atoms with Crippen molar-refractivity contribution >= 4 is 11.9 Å². The van der Waals surface area contributed by atoms with E-state index in [4.69, 9.17) is 9.47 Å². The Morgan fingerprint density at radius 1 is 0.947 bits per heavy atom. The Kier molecular flexibility index (Phi) is 5.00. The van der Waals surface area contributed by atoms with Gasteiger partial charge in [-0.3, -0.25) is 9.59 Å². The van der Waals surface area contributed by atoms with E-state index in [9.17, 15) is 9.59 Å². The molecular formula is C15H22O4. The number of methoxy groups -OCH3 is 1. The molecule has 4 nitrogen and oxygen atoms in total. The maximum atomic E-state index is 12.2. The van der Waals surface area contributed by atoms with E-state index in [0.29, 0.717) is 12.8 Å². The van der Waals surface area contributed by atoms with Crippen LogP contribution in [-0.4, -0.2) is 25.2 Å². The topological polar surface area (TPSA) is 52.6 Å². The zero-order valence-electron chi connectivity index (χ0n) is 11.5. The minimum Gasteiger partial charge on any atom is -0.469 e. The van der Waals surface area contributed by atoms with Crippen molar-refractivity contribution in [1.82, 2.24) is 0 Å². The van der Waals surface area contributed by atoms with Gasteiger partial charge in [0.1, 0.15) is 6.10 Å². The van der Waals surface area contributed by atoms with Crippen LogP contribution in [0.15, 0.2) is 12.2 Å². The van der Waals surface area contributed by atoms with Gasteiger partial charge in [-0.25, -0.2) is 0 Å². The summed E-state index contributed by atoms with van der Waals surface area (Å²) in [6, 6.07) is 0. The lowest BCUT2D eigenvalue weighted by atomic mass is 9.83. The monoisotopic (exact) mass is 266 g/mol. The van der Waals surface area contributed by atoms with E-state index in [0.717, 1.165) is 25.7 Å². The first-order chi connectivity index (χ1) is 9.22. The number of esters is 2. The molecule has 2 unspecified atom stereocenters. The van der Waals surface area contributed by atoms with Gasteiger partial charge in [0, 0.05) is 0 Å². The molecule has 0 amide bonds. The number of hydrogen-bond acceptors (Lipinski definition) is 4. The van der Waals surface area contributed by atoms with Crippen LogP contribution < -0.4 is 0 Å². The highest BCUT2D eigenvalue weighted by molar-refractivity contribution is 5.82. The third kappa shape index (κ3) is 3.58. The zero-order valence-corrected chi connectivity index (χ0v) is 11.5. The highest BCUT2D eigenvalue weighted by atomic mass is 16.5. The summed E-state index contributed by atoms with van der Waals surface area (Å²) in [6.45, 7) is 0. The van der Waals surface area contributed by atoms with E-state index in [1.807, 2.05) is 12.2 Å². The maximum absolute atomic E-state index is 12.2. The Morgan fingerprint density at radius 3 is 2.11 bits per heavy atom. The molecule has 19 heavy (non-hydrogen) atoms. The Morgan fingerprint density at radius 2 is 1.53 bits per heavy atom. The SMILES string of the molecule is COC(=O)C1CC=CCC1C(=O)OC1CCCCC1. The molecular weight excluding hydrogens is 244 g/mol. The van der Waals surface area contributed by atoms with Gasteiger partial charge in [0.25, 0.3) is 0 Å². The predicted octanol–water partition coefficient (Wildman–Crippen LogP) is 2.62. The molecule has 0 bridgehead atoms. The molecule has 2 atom stereocenters. The summed E-state index contributed by atoms with van der Waals surface area (Å²) in [5, 5.41) is 0. The lowest BCUT2D eigenvalue weighted by molar-refractivity contribution is -0.164. The summed E-state index contributed by atoms with van der Waals surface area (Å²) >= 11 is 0. The third-order valence-electron chi connectivity index (χ3n) is 4.07. The molecule has 0 aromatic rings. The number of carbonyl (C=O) groups is 2. The van der Waals surface area contributed by atoms with Gasteiger partial charge >= 0.3 is 11.9 Å². The average Bonchev–Trinajstić information content (AvgIpc) is 2.47. The average molecular weight is 266 g/mol. The van der Waals surface area contributed by atoms with Crippen LogP contribution in [0.5, 0.6) is 0 Å². The first kappa shape index (κ1) is 14.1. The van der Waals surface area contributed by atoms with Crippen LogP contribution in [0, 0.1) is 11.8 Å². The van der Waals surface area contributed by atoms with Gasteiger partial charge in [-0.05, 0) is 38.5 Å². The second-order valence-electron chi connectivity index (χ2n) is 5.38. The van der Waals surface area contributed by atoms with Gasteiger partial charge in [-0.15, -0.1) is 0 Å². The number of carbonyl (C=O) groups excluding carboxylic acids is 2. The lowest BCUT2D eigenvalue weighted by Crippen LogP contribution is -2.35. The van der Waals surface area contributed by atoms with Crippen molar-refractivity contribution in [3.05, 3.63) is 12.2 Å². The predicted molar refractivity (Wildman–Crippen MR) is 70.3 cm³/mol. The molecule has 0 saturated heterocycles. The molecule has 0 spiro atoms. The summed E-state index contributed by atoms with van der Waals surface area (Å²) in [6.07, 6.45) is 10.5. The molecule has 0 radical (unpaired) electrons. The molecule has 0 aliphatic heterocycles. The van der Waals surface area contributed by atoms with Crippen molar-refractivity contribution in [3.63, 3.8) is 0 Å². The fourth-order valence-corrected chi connectivity index (χ4v) is 2.92. The van der Waals surface area contributed by atoms with Gasteiger partial charge < -0.3 is 9.47 Å². The van der Waals surface area contributed by atoms with E-state index in [2.05, 4.69) is 0 Å². The molecule has 106 valence electrons. The minimum atomic E-state index is -0.383. The second kappa shape index (κ2) is 6.73. The standard InChI is InChI=1S/C15H22O4/c1-18-14(16)12-9-5-6-10-13(12)15(17)19-11-7-3-2-4-8-11/h5-6,11-13H,2-4,7-10H2,1H3. The Hall–Kier alpha value is -1.32. The fourth-order valence-electron chi connectivity index (χ4n) is 2.92. The Bertz CT molecular complexity index is 355. The molecule has 0 heterocycles. The van der Waals surface area contributed by atoms with E-state index < -0.39 is 0 Å². The largest absolute Gasteiger partial charge is 0.469 e. The van der Waals surface area contributed by atoms with Crippen molar-refractivity contribution in [2.75, 3.05) is 7.11 Å². The first-order valence-electron chi connectivity index (χ1n) is 7.15. The van der Waals surface area contributed by atoms with Gasteiger partial charge in [0.15, 0.2) is 0 Å². The molecule has 4 heteroatoms. The second-order valence-corrected chi connectivity index (χ2v) is 5.38. The highest BCUT2D eigenvalue weighted by Crippen LogP contribution is 2.29. The Balaban J connectivity index is 1.95. The molecule has 2 aliphatic carbocycles. The molecule has 0 N–H and O–H groups in total.